The van der Waals surface area contributed by atoms with Crippen molar-refractivity contribution in [3.63, 3.8) is 0 Å². The molecule has 1 aromatic heterocycles. The minimum atomic E-state index is -1.12. The maximum Gasteiger partial charge on any atom is 0.356 e. The van der Waals surface area contributed by atoms with Crippen LogP contribution in [0.25, 0.3) is 5.69 Å². The summed E-state index contributed by atoms with van der Waals surface area (Å²) in [6.45, 7) is 1.62. The fraction of sp³-hybridized carbons (Fsp3) is 0.0909. The molecule has 2 rings (SSSR count). The maximum atomic E-state index is 13.1. The minimum absolute atomic E-state index is 0.0645. The van der Waals surface area contributed by atoms with E-state index in [1.165, 1.54) is 29.1 Å². The lowest BCUT2D eigenvalue weighted by atomic mass is 10.3. The van der Waals surface area contributed by atoms with Gasteiger partial charge in [0.15, 0.2) is 5.69 Å². The highest BCUT2D eigenvalue weighted by Gasteiger charge is 2.13. The molecule has 0 atom stereocenters. The summed E-state index contributed by atoms with van der Waals surface area (Å²) in [5.74, 6) is -1.62. The van der Waals surface area contributed by atoms with Crippen LogP contribution in [0.4, 0.5) is 4.39 Å². The van der Waals surface area contributed by atoms with E-state index in [4.69, 9.17) is 16.7 Å². The number of nitrogens with zero attached hydrogens (tertiary/aromatic N) is 2. The zero-order valence-electron chi connectivity index (χ0n) is 8.82. The monoisotopic (exact) mass is 254 g/mol. The number of aryl methyl sites for hydroxylation is 1. The summed E-state index contributed by atoms with van der Waals surface area (Å²) in [6.07, 6.45) is 1.51. The topological polar surface area (TPSA) is 55.1 Å². The average Bonchev–Trinajstić information content (AvgIpc) is 2.59. The standard InChI is InChI=1S/C11H8ClFN2O2/c1-6-5-15(14-10(6)11(16)17)9-3-7(12)2-8(13)4-9/h2-5H,1H3,(H,16,17). The van der Waals surface area contributed by atoms with Crippen molar-refractivity contribution < 1.29 is 14.3 Å². The van der Waals surface area contributed by atoms with Crippen LogP contribution in [-0.4, -0.2) is 20.9 Å². The van der Waals surface area contributed by atoms with E-state index < -0.39 is 11.8 Å². The Kier molecular flexibility index (Phi) is 2.85. The summed E-state index contributed by atoms with van der Waals surface area (Å²) in [7, 11) is 0. The largest absolute Gasteiger partial charge is 0.476 e. The minimum Gasteiger partial charge on any atom is -0.476 e. The molecule has 6 heteroatoms. The molecule has 1 N–H and O–H groups in total. The second-order valence-electron chi connectivity index (χ2n) is 3.54. The van der Waals surface area contributed by atoms with E-state index in [1.807, 2.05) is 0 Å². The Hall–Kier alpha value is -1.88. The molecular formula is C11H8ClFN2O2. The number of rotatable bonds is 2. The summed E-state index contributed by atoms with van der Waals surface area (Å²) in [6, 6.07) is 3.90. The first-order chi connectivity index (χ1) is 7.97. The van der Waals surface area contributed by atoms with E-state index in [1.54, 1.807) is 6.92 Å². The summed E-state index contributed by atoms with van der Waals surface area (Å²) < 4.78 is 14.4. The zero-order valence-corrected chi connectivity index (χ0v) is 9.57. The normalized spacial score (nSPS) is 10.5. The molecule has 2 aromatic rings. The molecule has 1 aromatic carbocycles. The van der Waals surface area contributed by atoms with Gasteiger partial charge in [-0.15, -0.1) is 0 Å². The first-order valence-electron chi connectivity index (χ1n) is 4.73. The van der Waals surface area contributed by atoms with Crippen LogP contribution in [0.2, 0.25) is 5.02 Å². The Bertz CT molecular complexity index is 575. The molecular weight excluding hydrogens is 247 g/mol. The van der Waals surface area contributed by atoms with Crippen molar-refractivity contribution in [2.24, 2.45) is 0 Å². The van der Waals surface area contributed by atoms with Crippen LogP contribution in [0.5, 0.6) is 0 Å². The third-order valence-corrected chi connectivity index (χ3v) is 2.43. The van der Waals surface area contributed by atoms with Crippen molar-refractivity contribution in [1.29, 1.82) is 0 Å². The van der Waals surface area contributed by atoms with Gasteiger partial charge in [0.2, 0.25) is 0 Å². The fourth-order valence-corrected chi connectivity index (χ4v) is 1.69. The molecule has 17 heavy (non-hydrogen) atoms. The summed E-state index contributed by atoms with van der Waals surface area (Å²) in [5, 5.41) is 12.9. The number of hydrogen-bond acceptors (Lipinski definition) is 2. The number of carbonyl (C=O) groups is 1. The maximum absolute atomic E-state index is 13.1. The first-order valence-corrected chi connectivity index (χ1v) is 5.11. The van der Waals surface area contributed by atoms with Gasteiger partial charge in [0.05, 0.1) is 5.69 Å². The van der Waals surface area contributed by atoms with Crippen LogP contribution in [-0.2, 0) is 0 Å². The van der Waals surface area contributed by atoms with E-state index in [-0.39, 0.29) is 10.7 Å². The molecule has 0 radical (unpaired) electrons. The highest BCUT2D eigenvalue weighted by atomic mass is 35.5. The molecule has 0 bridgehead atoms. The molecule has 0 aliphatic heterocycles. The molecule has 88 valence electrons. The number of carboxylic acids is 1. The molecule has 0 spiro atoms. The van der Waals surface area contributed by atoms with Crippen molar-refractivity contribution in [3.8, 4) is 5.69 Å². The quantitative estimate of drug-likeness (QED) is 0.896. The number of carboxylic acid groups (broad SMARTS) is 1. The van der Waals surface area contributed by atoms with Crippen LogP contribution < -0.4 is 0 Å². The van der Waals surface area contributed by atoms with Crippen LogP contribution in [0, 0.1) is 12.7 Å². The number of aromatic carboxylic acids is 1. The number of halogens is 2. The highest BCUT2D eigenvalue weighted by molar-refractivity contribution is 6.30. The smallest absolute Gasteiger partial charge is 0.356 e. The lowest BCUT2D eigenvalue weighted by Gasteiger charge is -2.01. The van der Waals surface area contributed by atoms with Gasteiger partial charge < -0.3 is 5.11 Å². The van der Waals surface area contributed by atoms with Gasteiger partial charge in [-0.25, -0.2) is 13.9 Å². The zero-order chi connectivity index (χ0) is 12.6. The average molecular weight is 255 g/mol. The molecule has 0 aliphatic carbocycles. The van der Waals surface area contributed by atoms with Crippen LogP contribution in [0.3, 0.4) is 0 Å². The molecule has 0 fully saturated rings. The first kappa shape index (κ1) is 11.6. The van der Waals surface area contributed by atoms with E-state index in [0.29, 0.717) is 11.3 Å². The van der Waals surface area contributed by atoms with Crippen molar-refractivity contribution >= 4 is 17.6 Å². The van der Waals surface area contributed by atoms with Gasteiger partial charge >= 0.3 is 5.97 Å². The molecule has 0 saturated heterocycles. The molecule has 0 saturated carbocycles. The van der Waals surface area contributed by atoms with Crippen LogP contribution >= 0.6 is 11.6 Å². The Balaban J connectivity index is 2.53. The van der Waals surface area contributed by atoms with E-state index in [2.05, 4.69) is 5.10 Å². The lowest BCUT2D eigenvalue weighted by molar-refractivity contribution is 0.0689. The van der Waals surface area contributed by atoms with Crippen molar-refractivity contribution in [1.82, 2.24) is 9.78 Å². The summed E-state index contributed by atoms with van der Waals surface area (Å²) in [4.78, 5) is 10.8. The third kappa shape index (κ3) is 2.29. The molecule has 0 amide bonds. The Morgan fingerprint density at radius 3 is 2.71 bits per heavy atom. The predicted molar refractivity (Wildman–Crippen MR) is 60.2 cm³/mol. The number of benzene rings is 1. The third-order valence-electron chi connectivity index (χ3n) is 2.21. The Morgan fingerprint density at radius 2 is 2.18 bits per heavy atom. The summed E-state index contributed by atoms with van der Waals surface area (Å²) in [5.41, 5.74) is 0.814. The second-order valence-corrected chi connectivity index (χ2v) is 3.97. The molecule has 4 nitrogen and oxygen atoms in total. The SMILES string of the molecule is Cc1cn(-c2cc(F)cc(Cl)c2)nc1C(=O)O. The van der Waals surface area contributed by atoms with Crippen LogP contribution in [0.1, 0.15) is 16.1 Å². The van der Waals surface area contributed by atoms with Gasteiger partial charge in [0, 0.05) is 16.8 Å². The van der Waals surface area contributed by atoms with Gasteiger partial charge in [-0.1, -0.05) is 11.6 Å². The van der Waals surface area contributed by atoms with Crippen molar-refractivity contribution in [2.45, 2.75) is 6.92 Å². The lowest BCUT2D eigenvalue weighted by Crippen LogP contribution is -2.02. The molecule has 0 unspecified atom stereocenters. The summed E-state index contributed by atoms with van der Waals surface area (Å²) >= 11 is 5.71. The van der Waals surface area contributed by atoms with E-state index in [9.17, 15) is 9.18 Å². The van der Waals surface area contributed by atoms with Crippen molar-refractivity contribution in [2.75, 3.05) is 0 Å². The van der Waals surface area contributed by atoms with Gasteiger partial charge in [-0.3, -0.25) is 0 Å². The van der Waals surface area contributed by atoms with E-state index >= 15 is 0 Å². The van der Waals surface area contributed by atoms with Crippen molar-refractivity contribution in [3.05, 3.63) is 46.5 Å². The number of hydrogen-bond donors (Lipinski definition) is 1. The van der Waals surface area contributed by atoms with Gasteiger partial charge in [0.1, 0.15) is 5.82 Å². The number of aromatic nitrogens is 2. The second kappa shape index (κ2) is 4.18. The highest BCUT2D eigenvalue weighted by Crippen LogP contribution is 2.18. The predicted octanol–water partition coefficient (Wildman–Crippen LogP) is 2.67. The van der Waals surface area contributed by atoms with Gasteiger partial charge in [-0.2, -0.15) is 5.10 Å². The Morgan fingerprint density at radius 1 is 1.47 bits per heavy atom. The van der Waals surface area contributed by atoms with Gasteiger partial charge in [0.25, 0.3) is 0 Å². The molecule has 0 aliphatic rings. The molecule has 1 heterocycles. The van der Waals surface area contributed by atoms with E-state index in [0.717, 1.165) is 0 Å². The fourth-order valence-electron chi connectivity index (χ4n) is 1.48. The van der Waals surface area contributed by atoms with Gasteiger partial charge in [-0.05, 0) is 25.1 Å². The Labute approximate surface area is 101 Å². The van der Waals surface area contributed by atoms with Crippen LogP contribution in [0.15, 0.2) is 24.4 Å².